The van der Waals surface area contributed by atoms with Gasteiger partial charge in [0, 0.05) is 19.3 Å². The first kappa shape index (κ1) is 47.4. The Morgan fingerprint density at radius 1 is 0.508 bits per heavy atom. The van der Waals surface area contributed by atoms with Gasteiger partial charge in [0.1, 0.15) is 24.2 Å². The molecule has 6 atom stereocenters. The number of fused-ring (bicyclic) bond motifs is 2. The van der Waals surface area contributed by atoms with Gasteiger partial charge in [0.05, 0.1) is 18.6 Å². The third kappa shape index (κ3) is 13.7. The number of primary amides is 1. The molecule has 5 aromatic carbocycles. The van der Waals surface area contributed by atoms with Crippen LogP contribution in [0.2, 0.25) is 0 Å². The first-order valence-corrected chi connectivity index (χ1v) is 21.8. The SMILES string of the molecule is CCC[C@H](NC(=O)CC(O)C(Cc1ccccc1)NC(=O)[C@H](CCC)NC(=O)[C@H](Cc1cccc2ccccc12)NC(=O)CC)C(=O)N[C@@H](Cc1cccc2ccccc12)C(N)=O. The van der Waals surface area contributed by atoms with Crippen LogP contribution in [0.15, 0.2) is 115 Å². The second-order valence-electron chi connectivity index (χ2n) is 16.0. The number of nitrogens with two attached hydrogens (primary N) is 1. The third-order valence-corrected chi connectivity index (χ3v) is 11.2. The highest BCUT2D eigenvalue weighted by Crippen LogP contribution is 2.22. The molecule has 0 aliphatic heterocycles. The number of aliphatic hydroxyl groups excluding tert-OH is 1. The number of hydrogen-bond donors (Lipinski definition) is 7. The van der Waals surface area contributed by atoms with Crippen molar-refractivity contribution in [3.8, 4) is 0 Å². The molecule has 0 radical (unpaired) electrons. The predicted molar refractivity (Wildman–Crippen MR) is 245 cm³/mol. The fourth-order valence-corrected chi connectivity index (χ4v) is 7.79. The van der Waals surface area contributed by atoms with Gasteiger partial charge < -0.3 is 37.4 Å². The first-order chi connectivity index (χ1) is 30.4. The van der Waals surface area contributed by atoms with Gasteiger partial charge in [0.15, 0.2) is 0 Å². The zero-order chi connectivity index (χ0) is 45.3. The van der Waals surface area contributed by atoms with E-state index in [-0.39, 0.29) is 44.4 Å². The van der Waals surface area contributed by atoms with E-state index >= 15 is 0 Å². The van der Waals surface area contributed by atoms with Gasteiger partial charge in [0.2, 0.25) is 35.4 Å². The van der Waals surface area contributed by atoms with Crippen LogP contribution in [0.25, 0.3) is 21.5 Å². The Bertz CT molecular complexity index is 2340. The summed E-state index contributed by atoms with van der Waals surface area (Å²) in [4.78, 5) is 80.6. The summed E-state index contributed by atoms with van der Waals surface area (Å²) in [5.41, 5.74) is 8.23. The Labute approximate surface area is 369 Å². The summed E-state index contributed by atoms with van der Waals surface area (Å²) >= 11 is 0. The molecule has 0 heterocycles. The molecule has 332 valence electrons. The quantitative estimate of drug-likeness (QED) is 0.0493. The minimum absolute atomic E-state index is 0.145. The van der Waals surface area contributed by atoms with Crippen LogP contribution in [0, 0.1) is 0 Å². The topological polar surface area (TPSA) is 209 Å². The Kier molecular flexibility index (Phi) is 17.8. The Balaban J connectivity index is 1.28. The van der Waals surface area contributed by atoms with Crippen molar-refractivity contribution in [1.82, 2.24) is 26.6 Å². The number of nitrogens with one attached hydrogen (secondary N) is 5. The predicted octanol–water partition coefficient (Wildman–Crippen LogP) is 4.69. The smallest absolute Gasteiger partial charge is 0.243 e. The lowest BCUT2D eigenvalue weighted by molar-refractivity contribution is -0.133. The van der Waals surface area contributed by atoms with E-state index in [0.29, 0.717) is 12.8 Å². The molecule has 0 aliphatic rings. The minimum Gasteiger partial charge on any atom is -0.390 e. The van der Waals surface area contributed by atoms with E-state index in [9.17, 15) is 33.9 Å². The summed E-state index contributed by atoms with van der Waals surface area (Å²) in [6, 6.07) is 31.0. The number of hydrogen-bond acceptors (Lipinski definition) is 7. The Hall–Kier alpha value is -6.60. The molecule has 6 amide bonds. The number of carbonyl (C=O) groups excluding carboxylic acids is 6. The molecule has 0 aliphatic carbocycles. The number of benzene rings is 5. The van der Waals surface area contributed by atoms with Crippen LogP contribution in [-0.4, -0.2) is 76.9 Å². The molecule has 0 bridgehead atoms. The van der Waals surface area contributed by atoms with E-state index in [1.54, 1.807) is 6.92 Å². The molecule has 0 saturated carbocycles. The van der Waals surface area contributed by atoms with Crippen molar-refractivity contribution in [2.75, 3.05) is 0 Å². The van der Waals surface area contributed by atoms with Gasteiger partial charge in [-0.2, -0.15) is 0 Å². The highest BCUT2D eigenvalue weighted by atomic mass is 16.3. The number of amides is 6. The van der Waals surface area contributed by atoms with Gasteiger partial charge in [-0.05, 0) is 57.5 Å². The molecule has 0 fully saturated rings. The largest absolute Gasteiger partial charge is 0.390 e. The fourth-order valence-electron chi connectivity index (χ4n) is 7.79. The van der Waals surface area contributed by atoms with Gasteiger partial charge >= 0.3 is 0 Å². The fraction of sp³-hybridized carbons (Fsp3) is 0.360. The summed E-state index contributed by atoms with van der Waals surface area (Å²) in [6.45, 7) is 5.42. The minimum atomic E-state index is -1.41. The van der Waals surface area contributed by atoms with Crippen molar-refractivity contribution >= 4 is 57.0 Å². The molecule has 13 nitrogen and oxygen atoms in total. The molecule has 0 spiro atoms. The normalized spacial score (nSPS) is 14.0. The average Bonchev–Trinajstić information content (AvgIpc) is 3.28. The molecule has 0 aromatic heterocycles. The van der Waals surface area contributed by atoms with Crippen molar-refractivity contribution in [2.45, 2.75) is 115 Å². The lowest BCUT2D eigenvalue weighted by Crippen LogP contribution is -2.57. The van der Waals surface area contributed by atoms with Gasteiger partial charge in [-0.1, -0.05) is 149 Å². The summed E-state index contributed by atoms with van der Waals surface area (Å²) in [6.07, 6.45) is 0.319. The van der Waals surface area contributed by atoms with Crippen LogP contribution in [0.5, 0.6) is 0 Å². The molecule has 13 heteroatoms. The zero-order valence-electron chi connectivity index (χ0n) is 36.3. The summed E-state index contributed by atoms with van der Waals surface area (Å²) < 4.78 is 0. The summed E-state index contributed by atoms with van der Waals surface area (Å²) in [5, 5.41) is 29.5. The standard InChI is InChI=1S/C50H60N6O7/c1-4-16-39(48(61)56-42(47(51)60)29-35-24-14-22-33-20-10-12-26-37(33)35)52-46(59)31-44(57)41(28-32-18-8-7-9-19-32)55-49(62)40(17-5-2)54-50(63)43(53-45(58)6-3)30-36-25-15-23-34-21-11-13-27-38(34)36/h7-15,18-27,39-44,57H,4-6,16-17,28-31H2,1-3H3,(H2,51,60)(H,52,59)(H,53,58)(H,54,63)(H,55,62)(H,56,61)/t39-,40-,41?,42-,43-,44?/m0/s1. The van der Waals surface area contributed by atoms with Crippen molar-refractivity contribution in [3.05, 3.63) is 132 Å². The second kappa shape index (κ2) is 23.6. The maximum absolute atomic E-state index is 14.1. The van der Waals surface area contributed by atoms with Gasteiger partial charge in [-0.25, -0.2) is 0 Å². The van der Waals surface area contributed by atoms with Crippen molar-refractivity contribution < 1.29 is 33.9 Å². The lowest BCUT2D eigenvalue weighted by Gasteiger charge is -2.28. The Morgan fingerprint density at radius 3 is 1.52 bits per heavy atom. The molecular weight excluding hydrogens is 797 g/mol. The van der Waals surface area contributed by atoms with Crippen molar-refractivity contribution in [1.29, 1.82) is 0 Å². The van der Waals surface area contributed by atoms with E-state index in [1.807, 2.05) is 129 Å². The highest BCUT2D eigenvalue weighted by molar-refractivity contribution is 5.94. The van der Waals surface area contributed by atoms with Crippen LogP contribution in [0.3, 0.4) is 0 Å². The van der Waals surface area contributed by atoms with E-state index < -0.39 is 72.3 Å². The van der Waals surface area contributed by atoms with Crippen LogP contribution >= 0.6 is 0 Å². The van der Waals surface area contributed by atoms with E-state index in [2.05, 4.69) is 26.6 Å². The number of aliphatic hydroxyl groups is 1. The number of carbonyl (C=O) groups is 6. The molecule has 8 N–H and O–H groups in total. The second-order valence-corrected chi connectivity index (χ2v) is 16.0. The van der Waals surface area contributed by atoms with Crippen LogP contribution in [-0.2, 0) is 48.0 Å². The van der Waals surface area contributed by atoms with E-state index in [0.717, 1.165) is 38.2 Å². The van der Waals surface area contributed by atoms with E-state index in [4.69, 9.17) is 5.73 Å². The molecule has 63 heavy (non-hydrogen) atoms. The molecule has 5 aromatic rings. The Morgan fingerprint density at radius 2 is 0.968 bits per heavy atom. The average molecular weight is 857 g/mol. The third-order valence-electron chi connectivity index (χ3n) is 11.2. The van der Waals surface area contributed by atoms with Crippen molar-refractivity contribution in [3.63, 3.8) is 0 Å². The molecular formula is C50H60N6O7. The maximum Gasteiger partial charge on any atom is 0.243 e. The summed E-state index contributed by atoms with van der Waals surface area (Å²) in [7, 11) is 0. The molecule has 2 unspecified atom stereocenters. The van der Waals surface area contributed by atoms with Gasteiger partial charge in [0.25, 0.3) is 0 Å². The molecule has 0 saturated heterocycles. The van der Waals surface area contributed by atoms with Gasteiger partial charge in [-0.3, -0.25) is 28.8 Å². The van der Waals surface area contributed by atoms with Crippen molar-refractivity contribution in [2.24, 2.45) is 5.73 Å². The maximum atomic E-state index is 14.1. The lowest BCUT2D eigenvalue weighted by atomic mass is 9.97. The van der Waals surface area contributed by atoms with Crippen LogP contribution in [0.4, 0.5) is 0 Å². The van der Waals surface area contributed by atoms with Crippen LogP contribution < -0.4 is 32.3 Å². The monoisotopic (exact) mass is 856 g/mol. The first-order valence-electron chi connectivity index (χ1n) is 21.8. The zero-order valence-corrected chi connectivity index (χ0v) is 36.3. The van der Waals surface area contributed by atoms with Crippen LogP contribution in [0.1, 0.15) is 76.0 Å². The van der Waals surface area contributed by atoms with Gasteiger partial charge in [-0.15, -0.1) is 0 Å². The highest BCUT2D eigenvalue weighted by Gasteiger charge is 2.32. The molecule has 5 rings (SSSR count). The summed E-state index contributed by atoms with van der Waals surface area (Å²) in [5.74, 6) is -3.38. The number of rotatable bonds is 23. The van der Waals surface area contributed by atoms with E-state index in [1.165, 1.54) is 0 Å².